The summed E-state index contributed by atoms with van der Waals surface area (Å²) in [6, 6.07) is 3.65. The molecule has 0 spiro atoms. The number of thioether (sulfide) groups is 1. The van der Waals surface area contributed by atoms with Gasteiger partial charge in [-0.15, -0.1) is 29.5 Å². The fourth-order valence-electron chi connectivity index (χ4n) is 1.08. The SMILES string of the molecule is O=C(O)CSc1ccc(S)c2nnsc12. The Balaban J connectivity index is 2.39. The molecule has 0 amide bonds. The lowest BCUT2D eigenvalue weighted by Gasteiger charge is -2.00. The van der Waals surface area contributed by atoms with Crippen molar-refractivity contribution < 1.29 is 9.90 Å². The van der Waals surface area contributed by atoms with Gasteiger partial charge in [-0.3, -0.25) is 4.79 Å². The lowest BCUT2D eigenvalue weighted by Crippen LogP contribution is -1.97. The molecule has 2 aromatic rings. The van der Waals surface area contributed by atoms with Crippen LogP contribution in [0, 0.1) is 0 Å². The van der Waals surface area contributed by atoms with Crippen LogP contribution in [0.3, 0.4) is 0 Å². The molecule has 2 rings (SSSR count). The normalized spacial score (nSPS) is 10.7. The lowest BCUT2D eigenvalue weighted by molar-refractivity contribution is -0.133. The molecule has 1 N–H and O–H groups in total. The average Bonchev–Trinajstić information content (AvgIpc) is 2.66. The smallest absolute Gasteiger partial charge is 0.313 e. The summed E-state index contributed by atoms with van der Waals surface area (Å²) in [7, 11) is 0. The minimum atomic E-state index is -0.833. The summed E-state index contributed by atoms with van der Waals surface area (Å²) in [5, 5.41) is 12.5. The van der Waals surface area contributed by atoms with E-state index in [2.05, 4.69) is 22.2 Å². The Bertz CT molecular complexity index is 512. The number of carboxylic acids is 1. The Labute approximate surface area is 99.3 Å². The van der Waals surface area contributed by atoms with Crippen molar-refractivity contribution in [3.05, 3.63) is 12.1 Å². The van der Waals surface area contributed by atoms with Crippen molar-refractivity contribution in [1.82, 2.24) is 9.59 Å². The maximum atomic E-state index is 10.5. The van der Waals surface area contributed by atoms with Crippen molar-refractivity contribution in [2.75, 3.05) is 5.75 Å². The van der Waals surface area contributed by atoms with E-state index in [4.69, 9.17) is 5.11 Å². The monoisotopic (exact) mass is 258 g/mol. The highest BCUT2D eigenvalue weighted by Crippen LogP contribution is 2.32. The predicted molar refractivity (Wildman–Crippen MR) is 63.0 cm³/mol. The second-order valence-electron chi connectivity index (χ2n) is 2.72. The number of carbonyl (C=O) groups is 1. The maximum absolute atomic E-state index is 10.5. The first kappa shape index (κ1) is 10.7. The number of carboxylic acid groups (broad SMARTS) is 1. The van der Waals surface area contributed by atoms with Gasteiger partial charge in [0.05, 0.1) is 10.5 Å². The first-order valence-corrected chi connectivity index (χ1v) is 6.17. The zero-order chi connectivity index (χ0) is 10.8. The van der Waals surface area contributed by atoms with Crippen LogP contribution in [-0.4, -0.2) is 26.4 Å². The van der Waals surface area contributed by atoms with Crippen LogP contribution in [0.2, 0.25) is 0 Å². The van der Waals surface area contributed by atoms with Gasteiger partial charge in [-0.1, -0.05) is 4.49 Å². The Morgan fingerprint density at radius 2 is 2.40 bits per heavy atom. The molecule has 0 unspecified atom stereocenters. The van der Waals surface area contributed by atoms with E-state index >= 15 is 0 Å². The number of rotatable bonds is 3. The molecule has 0 fully saturated rings. The molecule has 0 saturated heterocycles. The van der Waals surface area contributed by atoms with Gasteiger partial charge in [0.15, 0.2) is 0 Å². The van der Waals surface area contributed by atoms with Crippen LogP contribution in [0.25, 0.3) is 10.2 Å². The zero-order valence-corrected chi connectivity index (χ0v) is 9.90. The van der Waals surface area contributed by atoms with Gasteiger partial charge in [-0.2, -0.15) is 0 Å². The van der Waals surface area contributed by atoms with Crippen LogP contribution < -0.4 is 0 Å². The van der Waals surface area contributed by atoms with Crippen LogP contribution >= 0.6 is 35.9 Å². The van der Waals surface area contributed by atoms with Gasteiger partial charge in [0.25, 0.3) is 0 Å². The molecule has 0 aliphatic carbocycles. The number of thiol groups is 1. The Morgan fingerprint density at radius 1 is 1.60 bits per heavy atom. The second kappa shape index (κ2) is 4.38. The summed E-state index contributed by atoms with van der Waals surface area (Å²) in [5.74, 6) is -0.792. The Kier molecular flexibility index (Phi) is 3.13. The minimum absolute atomic E-state index is 0.0406. The third-order valence-electron chi connectivity index (χ3n) is 1.70. The van der Waals surface area contributed by atoms with E-state index in [1.165, 1.54) is 23.3 Å². The molecule has 7 heteroatoms. The summed E-state index contributed by atoms with van der Waals surface area (Å²) in [6.07, 6.45) is 0. The fourth-order valence-corrected chi connectivity index (χ4v) is 2.95. The van der Waals surface area contributed by atoms with Crippen LogP contribution in [0.15, 0.2) is 21.9 Å². The first-order valence-electron chi connectivity index (χ1n) is 3.97. The molecule has 0 aliphatic heterocycles. The van der Waals surface area contributed by atoms with Gasteiger partial charge in [0.1, 0.15) is 5.52 Å². The van der Waals surface area contributed by atoms with Crippen molar-refractivity contribution >= 4 is 52.1 Å². The molecular formula is C8H6N2O2S3. The van der Waals surface area contributed by atoms with Crippen LogP contribution in [0.4, 0.5) is 0 Å². The van der Waals surface area contributed by atoms with Crippen molar-refractivity contribution in [2.24, 2.45) is 0 Å². The summed E-state index contributed by atoms with van der Waals surface area (Å²) in [4.78, 5) is 12.1. The molecule has 0 saturated carbocycles. The van der Waals surface area contributed by atoms with Gasteiger partial charge >= 0.3 is 5.97 Å². The summed E-state index contributed by atoms with van der Waals surface area (Å²) in [6.45, 7) is 0. The molecule has 0 atom stereocenters. The van der Waals surface area contributed by atoms with Gasteiger partial charge in [-0.25, -0.2) is 0 Å². The quantitative estimate of drug-likeness (QED) is 0.652. The highest BCUT2D eigenvalue weighted by atomic mass is 32.2. The minimum Gasteiger partial charge on any atom is -0.481 e. The molecule has 0 bridgehead atoms. The van der Waals surface area contributed by atoms with E-state index in [0.29, 0.717) is 0 Å². The largest absolute Gasteiger partial charge is 0.481 e. The van der Waals surface area contributed by atoms with Crippen molar-refractivity contribution in [3.8, 4) is 0 Å². The van der Waals surface area contributed by atoms with Crippen LogP contribution in [-0.2, 0) is 4.79 Å². The first-order chi connectivity index (χ1) is 7.18. The number of hydrogen-bond donors (Lipinski definition) is 2. The molecule has 1 aromatic heterocycles. The highest BCUT2D eigenvalue weighted by molar-refractivity contribution is 8.00. The van der Waals surface area contributed by atoms with E-state index in [-0.39, 0.29) is 5.75 Å². The molecule has 4 nitrogen and oxygen atoms in total. The molecule has 0 radical (unpaired) electrons. The number of aromatic nitrogens is 2. The van der Waals surface area contributed by atoms with E-state index < -0.39 is 5.97 Å². The Hall–Kier alpha value is -0.790. The average molecular weight is 258 g/mol. The van der Waals surface area contributed by atoms with Crippen molar-refractivity contribution in [3.63, 3.8) is 0 Å². The number of aliphatic carboxylic acids is 1. The number of fused-ring (bicyclic) bond motifs is 1. The lowest BCUT2D eigenvalue weighted by atomic mass is 10.3. The van der Waals surface area contributed by atoms with E-state index in [1.54, 1.807) is 6.07 Å². The molecule has 1 heterocycles. The zero-order valence-electron chi connectivity index (χ0n) is 7.38. The third-order valence-corrected chi connectivity index (χ3v) is 3.99. The summed E-state index contributed by atoms with van der Waals surface area (Å²) < 4.78 is 4.73. The second-order valence-corrected chi connectivity index (χ2v) is 4.97. The molecular weight excluding hydrogens is 252 g/mol. The summed E-state index contributed by atoms with van der Waals surface area (Å²) >= 11 is 6.78. The third kappa shape index (κ3) is 2.24. The van der Waals surface area contributed by atoms with Gasteiger partial charge < -0.3 is 5.11 Å². The van der Waals surface area contributed by atoms with E-state index in [1.807, 2.05) is 6.07 Å². The molecule has 78 valence electrons. The van der Waals surface area contributed by atoms with Crippen LogP contribution in [0.1, 0.15) is 0 Å². The molecule has 0 aliphatic rings. The van der Waals surface area contributed by atoms with E-state index in [9.17, 15) is 4.79 Å². The number of benzene rings is 1. The predicted octanol–water partition coefficient (Wildman–Crippen LogP) is 2.16. The fraction of sp³-hybridized carbons (Fsp3) is 0.125. The van der Waals surface area contributed by atoms with Crippen LogP contribution in [0.5, 0.6) is 0 Å². The highest BCUT2D eigenvalue weighted by Gasteiger charge is 2.09. The van der Waals surface area contributed by atoms with Crippen molar-refractivity contribution in [2.45, 2.75) is 9.79 Å². The topological polar surface area (TPSA) is 63.1 Å². The summed E-state index contributed by atoms with van der Waals surface area (Å²) in [5.41, 5.74) is 0.735. The number of hydrogen-bond acceptors (Lipinski definition) is 6. The van der Waals surface area contributed by atoms with Gasteiger partial charge in [-0.05, 0) is 23.7 Å². The van der Waals surface area contributed by atoms with Crippen molar-refractivity contribution in [1.29, 1.82) is 0 Å². The van der Waals surface area contributed by atoms with Gasteiger partial charge in [0.2, 0.25) is 0 Å². The molecule has 1 aromatic carbocycles. The van der Waals surface area contributed by atoms with Gasteiger partial charge in [0, 0.05) is 9.79 Å². The number of nitrogens with zero attached hydrogens (tertiary/aromatic N) is 2. The Morgan fingerprint density at radius 3 is 3.13 bits per heavy atom. The standard InChI is InChI=1S/C8H6N2O2S3/c11-6(12)3-14-5-2-1-4(13)7-8(5)15-10-9-7/h1-2,13H,3H2,(H,11,12). The van der Waals surface area contributed by atoms with E-state index in [0.717, 1.165) is 20.0 Å². The molecule has 15 heavy (non-hydrogen) atoms. The maximum Gasteiger partial charge on any atom is 0.313 e.